The molecule has 2 heterocycles. The SMILES string of the molecule is CCC(CN(C)Cc1ccccc1)NC(=O)CCCn1c2ccccc2c2cnn(C)c(=O)c21. The zero-order valence-corrected chi connectivity index (χ0v) is 20.2. The van der Waals surface area contributed by atoms with Gasteiger partial charge < -0.3 is 14.8 Å². The van der Waals surface area contributed by atoms with Gasteiger partial charge in [0.15, 0.2) is 0 Å². The largest absolute Gasteiger partial charge is 0.352 e. The van der Waals surface area contributed by atoms with Gasteiger partial charge in [0.1, 0.15) is 5.52 Å². The van der Waals surface area contributed by atoms with Gasteiger partial charge in [-0.15, -0.1) is 0 Å². The molecule has 34 heavy (non-hydrogen) atoms. The van der Waals surface area contributed by atoms with Crippen LogP contribution in [0.4, 0.5) is 0 Å². The second-order valence-corrected chi connectivity index (χ2v) is 8.96. The van der Waals surface area contributed by atoms with Crippen LogP contribution in [0.5, 0.6) is 0 Å². The second kappa shape index (κ2) is 10.7. The lowest BCUT2D eigenvalue weighted by atomic mass is 10.1. The Bertz CT molecular complexity index is 1330. The summed E-state index contributed by atoms with van der Waals surface area (Å²) in [5.41, 5.74) is 2.79. The summed E-state index contributed by atoms with van der Waals surface area (Å²) in [7, 11) is 3.75. The quantitative estimate of drug-likeness (QED) is 0.393. The van der Waals surface area contributed by atoms with Crippen molar-refractivity contribution in [3.05, 3.63) is 76.7 Å². The van der Waals surface area contributed by atoms with Crippen molar-refractivity contribution in [2.24, 2.45) is 7.05 Å². The fourth-order valence-electron chi connectivity index (χ4n) is 4.58. The Kier molecular flexibility index (Phi) is 7.43. The molecule has 0 fully saturated rings. The first-order chi connectivity index (χ1) is 16.5. The fraction of sp³-hybridized carbons (Fsp3) is 0.370. The number of fused-ring (bicyclic) bond motifs is 3. The van der Waals surface area contributed by atoms with Gasteiger partial charge in [-0.3, -0.25) is 9.59 Å². The molecule has 2 aromatic heterocycles. The molecule has 0 bridgehead atoms. The average Bonchev–Trinajstić information content (AvgIpc) is 3.16. The lowest BCUT2D eigenvalue weighted by molar-refractivity contribution is -0.122. The third-order valence-electron chi connectivity index (χ3n) is 6.34. The van der Waals surface area contributed by atoms with E-state index in [9.17, 15) is 9.59 Å². The van der Waals surface area contributed by atoms with Gasteiger partial charge in [-0.2, -0.15) is 5.10 Å². The monoisotopic (exact) mass is 459 g/mol. The van der Waals surface area contributed by atoms with Crippen LogP contribution in [0.1, 0.15) is 31.7 Å². The molecular weight excluding hydrogens is 426 g/mol. The number of hydrogen-bond acceptors (Lipinski definition) is 4. The summed E-state index contributed by atoms with van der Waals surface area (Å²) in [6.07, 6.45) is 3.69. The molecule has 1 unspecified atom stereocenters. The van der Waals surface area contributed by atoms with Gasteiger partial charge in [-0.1, -0.05) is 55.5 Å². The van der Waals surface area contributed by atoms with Crippen LogP contribution in [-0.2, 0) is 24.9 Å². The van der Waals surface area contributed by atoms with Gasteiger partial charge in [0.25, 0.3) is 5.56 Å². The zero-order valence-electron chi connectivity index (χ0n) is 20.2. The van der Waals surface area contributed by atoms with Crippen molar-refractivity contribution in [3.63, 3.8) is 0 Å². The van der Waals surface area contributed by atoms with E-state index in [1.165, 1.54) is 10.2 Å². The molecule has 7 heteroatoms. The van der Waals surface area contributed by atoms with Crippen molar-refractivity contribution < 1.29 is 4.79 Å². The van der Waals surface area contributed by atoms with Crippen LogP contribution >= 0.6 is 0 Å². The van der Waals surface area contributed by atoms with Crippen molar-refractivity contribution in [1.29, 1.82) is 0 Å². The first-order valence-electron chi connectivity index (χ1n) is 11.9. The third kappa shape index (κ3) is 5.20. The van der Waals surface area contributed by atoms with Gasteiger partial charge in [0, 0.05) is 55.4 Å². The topological polar surface area (TPSA) is 72.2 Å². The molecule has 4 rings (SSSR count). The van der Waals surface area contributed by atoms with Crippen LogP contribution < -0.4 is 10.9 Å². The van der Waals surface area contributed by atoms with Crippen molar-refractivity contribution in [2.45, 2.75) is 45.3 Å². The Labute approximate surface area is 200 Å². The van der Waals surface area contributed by atoms with E-state index in [0.29, 0.717) is 24.9 Å². The number of carbonyl (C=O) groups is 1. The molecule has 7 nitrogen and oxygen atoms in total. The van der Waals surface area contributed by atoms with Crippen LogP contribution in [0.15, 0.2) is 65.6 Å². The van der Waals surface area contributed by atoms with Gasteiger partial charge in [-0.25, -0.2) is 4.68 Å². The molecule has 0 aliphatic rings. The predicted molar refractivity (Wildman–Crippen MR) is 137 cm³/mol. The molecule has 0 aliphatic carbocycles. The van der Waals surface area contributed by atoms with E-state index in [1.807, 2.05) is 47.0 Å². The number of benzene rings is 2. The van der Waals surface area contributed by atoms with E-state index in [2.05, 4.69) is 41.4 Å². The third-order valence-corrected chi connectivity index (χ3v) is 6.34. The number of nitrogens with one attached hydrogen (secondary N) is 1. The van der Waals surface area contributed by atoms with E-state index in [-0.39, 0.29) is 17.5 Å². The molecule has 4 aromatic rings. The molecular formula is C27H33N5O2. The summed E-state index contributed by atoms with van der Waals surface area (Å²) in [5.74, 6) is 0.0512. The Morgan fingerprint density at radius 1 is 1.09 bits per heavy atom. The van der Waals surface area contributed by atoms with Gasteiger partial charge in [-0.05, 0) is 31.5 Å². The summed E-state index contributed by atoms with van der Waals surface area (Å²) in [5, 5.41) is 9.26. The first kappa shape index (κ1) is 23.7. The van der Waals surface area contributed by atoms with Crippen LogP contribution in [0.3, 0.4) is 0 Å². The summed E-state index contributed by atoms with van der Waals surface area (Å²) in [6, 6.07) is 18.4. The number of amides is 1. The van der Waals surface area contributed by atoms with Gasteiger partial charge in [0.2, 0.25) is 5.91 Å². The Hall–Kier alpha value is -3.45. The molecule has 178 valence electrons. The number of likely N-dealkylation sites (N-methyl/N-ethyl adjacent to an activating group) is 1. The number of hydrogen-bond donors (Lipinski definition) is 1. The van der Waals surface area contributed by atoms with Crippen LogP contribution in [-0.4, -0.2) is 44.8 Å². The van der Waals surface area contributed by atoms with Gasteiger partial charge in [0.05, 0.1) is 6.20 Å². The molecule has 0 aliphatic heterocycles. The highest BCUT2D eigenvalue weighted by Gasteiger charge is 2.16. The van der Waals surface area contributed by atoms with E-state index in [4.69, 9.17) is 0 Å². The second-order valence-electron chi connectivity index (χ2n) is 8.96. The minimum Gasteiger partial charge on any atom is -0.352 e. The number of para-hydroxylation sites is 1. The maximum atomic E-state index is 12.8. The molecule has 2 aromatic carbocycles. The molecule has 1 atom stereocenters. The molecule has 0 radical (unpaired) electrons. The van der Waals surface area contributed by atoms with Crippen molar-refractivity contribution in [3.8, 4) is 0 Å². The highest BCUT2D eigenvalue weighted by Crippen LogP contribution is 2.26. The highest BCUT2D eigenvalue weighted by atomic mass is 16.1. The number of rotatable bonds is 10. The maximum Gasteiger partial charge on any atom is 0.291 e. The van der Waals surface area contributed by atoms with Crippen LogP contribution in [0.25, 0.3) is 21.8 Å². The van der Waals surface area contributed by atoms with Crippen LogP contribution in [0.2, 0.25) is 0 Å². The number of aromatic nitrogens is 3. The summed E-state index contributed by atoms with van der Waals surface area (Å²) in [4.78, 5) is 27.8. The average molecular weight is 460 g/mol. The maximum absolute atomic E-state index is 12.8. The Balaban J connectivity index is 1.38. The molecule has 1 amide bonds. The van der Waals surface area contributed by atoms with E-state index < -0.39 is 0 Å². The first-order valence-corrected chi connectivity index (χ1v) is 11.9. The molecule has 0 saturated heterocycles. The Morgan fingerprint density at radius 2 is 1.82 bits per heavy atom. The normalized spacial score (nSPS) is 12.5. The van der Waals surface area contributed by atoms with E-state index in [0.717, 1.165) is 35.8 Å². The lowest BCUT2D eigenvalue weighted by Crippen LogP contribution is -2.42. The zero-order chi connectivity index (χ0) is 24.1. The van der Waals surface area contributed by atoms with Crippen molar-refractivity contribution in [1.82, 2.24) is 24.6 Å². The van der Waals surface area contributed by atoms with Crippen molar-refractivity contribution in [2.75, 3.05) is 13.6 Å². The predicted octanol–water partition coefficient (Wildman–Crippen LogP) is 3.70. The minimum absolute atomic E-state index is 0.0512. The van der Waals surface area contributed by atoms with Crippen molar-refractivity contribution >= 4 is 27.7 Å². The number of aryl methyl sites for hydroxylation is 2. The Morgan fingerprint density at radius 3 is 2.59 bits per heavy atom. The summed E-state index contributed by atoms with van der Waals surface area (Å²) >= 11 is 0. The number of carbonyl (C=O) groups excluding carboxylic acids is 1. The highest BCUT2D eigenvalue weighted by molar-refractivity contribution is 6.07. The van der Waals surface area contributed by atoms with Gasteiger partial charge >= 0.3 is 0 Å². The van der Waals surface area contributed by atoms with Crippen LogP contribution in [0, 0.1) is 0 Å². The molecule has 1 N–H and O–H groups in total. The molecule has 0 spiro atoms. The fourth-order valence-corrected chi connectivity index (χ4v) is 4.58. The standard InChI is InChI=1S/C27H33N5O2/c1-4-21(19-30(2)18-20-11-6-5-7-12-20)29-25(33)15-10-16-32-24-14-9-8-13-22(24)23-17-28-31(3)27(34)26(23)32/h5-9,11-14,17,21H,4,10,15-16,18-19H2,1-3H3,(H,29,33). The number of nitrogens with zero attached hydrogens (tertiary/aromatic N) is 4. The lowest BCUT2D eigenvalue weighted by Gasteiger charge is -2.24. The summed E-state index contributed by atoms with van der Waals surface area (Å²) < 4.78 is 3.40. The molecule has 0 saturated carbocycles. The van der Waals surface area contributed by atoms with E-state index >= 15 is 0 Å². The smallest absolute Gasteiger partial charge is 0.291 e. The van der Waals surface area contributed by atoms with E-state index in [1.54, 1.807) is 13.2 Å². The summed E-state index contributed by atoms with van der Waals surface area (Å²) in [6.45, 7) is 4.35. The minimum atomic E-state index is -0.120.